The highest BCUT2D eigenvalue weighted by molar-refractivity contribution is 5.93. The number of ether oxygens (including phenoxy) is 1. The van der Waals surface area contributed by atoms with Crippen molar-refractivity contribution < 1.29 is 9.53 Å². The van der Waals surface area contributed by atoms with E-state index in [9.17, 15) is 4.79 Å². The number of carbonyl (C=O) groups excluding carboxylic acids is 1. The number of amides is 1. The van der Waals surface area contributed by atoms with Crippen molar-refractivity contribution in [2.24, 2.45) is 5.92 Å². The summed E-state index contributed by atoms with van der Waals surface area (Å²) in [5, 5.41) is 2.84. The highest BCUT2D eigenvalue weighted by atomic mass is 35.5. The second-order valence-electron chi connectivity index (χ2n) is 3.92. The number of methoxy groups -OCH3 is 1. The molecular formula is C12H19ClN2O2. The number of hydrogen-bond acceptors (Lipinski definition) is 3. The van der Waals surface area contributed by atoms with Crippen LogP contribution in [0.25, 0.3) is 0 Å². The Balaban J connectivity index is 0.00000256. The second kappa shape index (κ2) is 7.14. The van der Waals surface area contributed by atoms with Crippen LogP contribution in [0.2, 0.25) is 0 Å². The van der Waals surface area contributed by atoms with Crippen LogP contribution in [-0.2, 0) is 9.53 Å². The summed E-state index contributed by atoms with van der Waals surface area (Å²) in [6, 6.07) is 5.45. The molecule has 0 radical (unpaired) electrons. The van der Waals surface area contributed by atoms with E-state index >= 15 is 0 Å². The average molecular weight is 259 g/mol. The number of rotatable bonds is 4. The molecular weight excluding hydrogens is 240 g/mol. The van der Waals surface area contributed by atoms with Crippen LogP contribution in [-0.4, -0.2) is 19.6 Å². The first-order chi connectivity index (χ1) is 7.54. The molecule has 17 heavy (non-hydrogen) atoms. The van der Waals surface area contributed by atoms with Crippen molar-refractivity contribution in [2.75, 3.05) is 24.8 Å². The zero-order chi connectivity index (χ0) is 12.1. The summed E-state index contributed by atoms with van der Waals surface area (Å²) in [5.74, 6) is -0.235. The van der Waals surface area contributed by atoms with Crippen LogP contribution in [0.5, 0.6) is 0 Å². The van der Waals surface area contributed by atoms with E-state index in [0.29, 0.717) is 12.3 Å². The Bertz CT molecular complexity index is 383. The van der Waals surface area contributed by atoms with Crippen molar-refractivity contribution in [2.45, 2.75) is 13.8 Å². The number of carbonyl (C=O) groups is 1. The van der Waals surface area contributed by atoms with Crippen molar-refractivity contribution in [3.05, 3.63) is 23.8 Å². The molecule has 1 aromatic rings. The van der Waals surface area contributed by atoms with Gasteiger partial charge < -0.3 is 15.8 Å². The smallest absolute Gasteiger partial charge is 0.229 e. The molecule has 0 aliphatic rings. The maximum absolute atomic E-state index is 11.7. The number of nitrogens with two attached hydrogens (primary N) is 1. The normalized spacial score (nSPS) is 11.5. The number of aryl methyl sites for hydroxylation is 1. The molecule has 1 atom stereocenters. The quantitative estimate of drug-likeness (QED) is 0.814. The molecule has 1 amide bonds. The SMILES string of the molecule is COCC(C)C(=O)Nc1cc(N)ccc1C.Cl. The summed E-state index contributed by atoms with van der Waals surface area (Å²) < 4.78 is 4.93. The summed E-state index contributed by atoms with van der Waals surface area (Å²) in [7, 11) is 1.58. The lowest BCUT2D eigenvalue weighted by Gasteiger charge is -2.13. The van der Waals surface area contributed by atoms with Gasteiger partial charge >= 0.3 is 0 Å². The van der Waals surface area contributed by atoms with Crippen molar-refractivity contribution in [3.63, 3.8) is 0 Å². The van der Waals surface area contributed by atoms with Gasteiger partial charge in [0.25, 0.3) is 0 Å². The fourth-order valence-corrected chi connectivity index (χ4v) is 1.36. The molecule has 1 unspecified atom stereocenters. The minimum Gasteiger partial charge on any atom is -0.399 e. The van der Waals surface area contributed by atoms with Crippen LogP contribution >= 0.6 is 12.4 Å². The molecule has 0 aliphatic heterocycles. The Labute approximate surface area is 108 Å². The van der Waals surface area contributed by atoms with Crippen molar-refractivity contribution in [1.29, 1.82) is 0 Å². The number of hydrogen-bond donors (Lipinski definition) is 2. The maximum atomic E-state index is 11.7. The second-order valence-corrected chi connectivity index (χ2v) is 3.92. The Kier molecular flexibility index (Phi) is 6.61. The van der Waals surface area contributed by atoms with Gasteiger partial charge in [0, 0.05) is 18.5 Å². The average Bonchev–Trinajstić information content (AvgIpc) is 2.23. The van der Waals surface area contributed by atoms with Gasteiger partial charge in [0.05, 0.1) is 12.5 Å². The van der Waals surface area contributed by atoms with Gasteiger partial charge in [-0.2, -0.15) is 0 Å². The van der Waals surface area contributed by atoms with Gasteiger partial charge in [-0.25, -0.2) is 0 Å². The van der Waals surface area contributed by atoms with Crippen LogP contribution in [0, 0.1) is 12.8 Å². The first kappa shape index (κ1) is 15.7. The van der Waals surface area contributed by atoms with Crippen molar-refractivity contribution in [1.82, 2.24) is 0 Å². The highest BCUT2D eigenvalue weighted by Gasteiger charge is 2.13. The largest absolute Gasteiger partial charge is 0.399 e. The van der Waals surface area contributed by atoms with E-state index in [1.807, 2.05) is 26.0 Å². The van der Waals surface area contributed by atoms with Gasteiger partial charge in [0.15, 0.2) is 0 Å². The van der Waals surface area contributed by atoms with Gasteiger partial charge in [0.1, 0.15) is 0 Å². The van der Waals surface area contributed by atoms with E-state index in [2.05, 4.69) is 5.32 Å². The van der Waals surface area contributed by atoms with Crippen LogP contribution in [0.4, 0.5) is 11.4 Å². The molecule has 3 N–H and O–H groups in total. The molecule has 4 nitrogen and oxygen atoms in total. The van der Waals surface area contributed by atoms with E-state index in [1.54, 1.807) is 13.2 Å². The highest BCUT2D eigenvalue weighted by Crippen LogP contribution is 2.18. The van der Waals surface area contributed by atoms with Crippen LogP contribution < -0.4 is 11.1 Å². The third-order valence-corrected chi connectivity index (χ3v) is 2.38. The molecule has 5 heteroatoms. The Morgan fingerprint density at radius 3 is 2.76 bits per heavy atom. The van der Waals surface area contributed by atoms with Crippen LogP contribution in [0.3, 0.4) is 0 Å². The molecule has 1 rings (SSSR count). The summed E-state index contributed by atoms with van der Waals surface area (Å²) in [6.07, 6.45) is 0. The predicted octanol–water partition coefficient (Wildman–Crippen LogP) is 2.22. The van der Waals surface area contributed by atoms with E-state index in [-0.39, 0.29) is 24.2 Å². The van der Waals surface area contributed by atoms with E-state index in [1.165, 1.54) is 0 Å². The Morgan fingerprint density at radius 2 is 2.18 bits per heavy atom. The third kappa shape index (κ3) is 4.63. The lowest BCUT2D eigenvalue weighted by Crippen LogP contribution is -2.24. The molecule has 0 saturated heterocycles. The fourth-order valence-electron chi connectivity index (χ4n) is 1.36. The standard InChI is InChI=1S/C12H18N2O2.ClH/c1-8-4-5-10(13)6-11(8)14-12(15)9(2)7-16-3;/h4-6,9H,7,13H2,1-3H3,(H,14,15);1H. The molecule has 0 heterocycles. The topological polar surface area (TPSA) is 64.3 Å². The minimum absolute atomic E-state index is 0. The van der Waals surface area contributed by atoms with Crippen molar-refractivity contribution >= 4 is 29.7 Å². The van der Waals surface area contributed by atoms with Crippen LogP contribution in [0.15, 0.2) is 18.2 Å². The molecule has 0 fully saturated rings. The Morgan fingerprint density at radius 1 is 1.53 bits per heavy atom. The molecule has 96 valence electrons. The first-order valence-electron chi connectivity index (χ1n) is 5.20. The van der Waals surface area contributed by atoms with Gasteiger partial charge in [0.2, 0.25) is 5.91 Å². The zero-order valence-corrected chi connectivity index (χ0v) is 11.1. The number of anilines is 2. The fraction of sp³-hybridized carbons (Fsp3) is 0.417. The summed E-state index contributed by atoms with van der Waals surface area (Å²) >= 11 is 0. The number of nitrogen functional groups attached to an aromatic ring is 1. The molecule has 1 aromatic carbocycles. The molecule has 0 saturated carbocycles. The zero-order valence-electron chi connectivity index (χ0n) is 10.3. The number of benzene rings is 1. The van der Waals surface area contributed by atoms with Gasteiger partial charge in [-0.3, -0.25) is 4.79 Å². The summed E-state index contributed by atoms with van der Waals surface area (Å²) in [4.78, 5) is 11.7. The van der Waals surface area contributed by atoms with Crippen molar-refractivity contribution in [3.8, 4) is 0 Å². The maximum Gasteiger partial charge on any atom is 0.229 e. The summed E-state index contributed by atoms with van der Waals surface area (Å²) in [6.45, 7) is 4.16. The minimum atomic E-state index is -0.175. The number of nitrogens with one attached hydrogen (secondary N) is 1. The molecule has 0 aliphatic carbocycles. The van der Waals surface area contributed by atoms with E-state index in [4.69, 9.17) is 10.5 Å². The summed E-state index contributed by atoms with van der Waals surface area (Å²) in [5.41, 5.74) is 8.05. The van der Waals surface area contributed by atoms with E-state index in [0.717, 1.165) is 11.3 Å². The van der Waals surface area contributed by atoms with Gasteiger partial charge in [-0.15, -0.1) is 12.4 Å². The lowest BCUT2D eigenvalue weighted by molar-refractivity contribution is -0.120. The first-order valence-corrected chi connectivity index (χ1v) is 5.20. The molecule has 0 spiro atoms. The molecule has 0 aromatic heterocycles. The van der Waals surface area contributed by atoms with E-state index < -0.39 is 0 Å². The predicted molar refractivity (Wildman–Crippen MR) is 72.5 cm³/mol. The third-order valence-electron chi connectivity index (χ3n) is 2.38. The number of halogens is 1. The Hall–Kier alpha value is -1.26. The lowest BCUT2D eigenvalue weighted by atomic mass is 10.1. The van der Waals surface area contributed by atoms with Gasteiger partial charge in [-0.1, -0.05) is 13.0 Å². The van der Waals surface area contributed by atoms with Crippen LogP contribution in [0.1, 0.15) is 12.5 Å². The monoisotopic (exact) mass is 258 g/mol. The van der Waals surface area contributed by atoms with Gasteiger partial charge in [-0.05, 0) is 24.6 Å². The molecule has 0 bridgehead atoms.